The van der Waals surface area contributed by atoms with Gasteiger partial charge in [-0.15, -0.1) is 0 Å². The van der Waals surface area contributed by atoms with Crippen LogP contribution in [0.1, 0.15) is 35.7 Å². The molecule has 0 saturated carbocycles. The normalized spacial score (nSPS) is 16.2. The van der Waals surface area contributed by atoms with Crippen LogP contribution in [0.3, 0.4) is 0 Å². The van der Waals surface area contributed by atoms with Crippen LogP contribution in [0.2, 0.25) is 5.02 Å². The van der Waals surface area contributed by atoms with E-state index in [0.29, 0.717) is 33.2 Å². The number of nitrogens with one attached hydrogen (secondary N) is 2. The third kappa shape index (κ3) is 5.51. The number of carbonyl (C=O) groups excluding carboxylic acids is 3. The van der Waals surface area contributed by atoms with Crippen LogP contribution in [0.15, 0.2) is 77.5 Å². The predicted octanol–water partition coefficient (Wildman–Crippen LogP) is 6.57. The molecule has 0 atom stereocenters. The van der Waals surface area contributed by atoms with Gasteiger partial charge in [0.15, 0.2) is 0 Å². The molecule has 1 fully saturated rings. The molecule has 0 unspecified atom stereocenters. The lowest BCUT2D eigenvalue weighted by Gasteiger charge is -2.32. The molecule has 2 aliphatic rings. The van der Waals surface area contributed by atoms with Crippen LogP contribution in [0, 0.1) is 12.8 Å². The molecule has 0 aromatic heterocycles. The summed E-state index contributed by atoms with van der Waals surface area (Å²) < 4.78 is 0. The van der Waals surface area contributed by atoms with E-state index >= 15 is 0 Å². The number of carbonyl (C=O) groups is 3. The van der Waals surface area contributed by atoms with Crippen molar-refractivity contribution in [1.82, 2.24) is 0 Å². The number of imide groups is 1. The number of rotatable bonds is 6. The first kappa shape index (κ1) is 26.8. The highest BCUT2D eigenvalue weighted by Crippen LogP contribution is 2.34. The molecule has 0 aliphatic carbocycles. The molecule has 0 radical (unpaired) electrons. The van der Waals surface area contributed by atoms with Crippen molar-refractivity contribution < 1.29 is 14.4 Å². The summed E-state index contributed by atoms with van der Waals surface area (Å²) in [6.07, 6.45) is 2.37. The average molecular weight is 563 g/mol. The minimum absolute atomic E-state index is 0.0682. The van der Waals surface area contributed by atoms with E-state index in [9.17, 15) is 14.4 Å². The fourth-order valence-electron chi connectivity index (χ4n) is 4.78. The van der Waals surface area contributed by atoms with E-state index in [1.54, 1.807) is 49.4 Å². The first-order chi connectivity index (χ1) is 18.7. The van der Waals surface area contributed by atoms with Crippen molar-refractivity contribution in [2.24, 2.45) is 5.92 Å². The maximum absolute atomic E-state index is 13.2. The summed E-state index contributed by atoms with van der Waals surface area (Å²) in [7, 11) is 0. The van der Waals surface area contributed by atoms with Crippen LogP contribution in [-0.2, 0) is 9.59 Å². The van der Waals surface area contributed by atoms with Crippen LogP contribution >= 0.6 is 23.2 Å². The molecule has 1 saturated heterocycles. The number of benzene rings is 3. The molecule has 39 heavy (non-hydrogen) atoms. The van der Waals surface area contributed by atoms with E-state index in [1.165, 1.54) is 12.8 Å². The van der Waals surface area contributed by atoms with Crippen LogP contribution in [0.4, 0.5) is 22.7 Å². The van der Waals surface area contributed by atoms with Gasteiger partial charge in [-0.3, -0.25) is 14.4 Å². The monoisotopic (exact) mass is 562 g/mol. The van der Waals surface area contributed by atoms with Gasteiger partial charge in [0.1, 0.15) is 10.7 Å². The molecule has 3 aromatic rings. The molecule has 0 bridgehead atoms. The Hall–Kier alpha value is -3.81. The summed E-state index contributed by atoms with van der Waals surface area (Å²) in [5.74, 6) is -0.793. The summed E-state index contributed by atoms with van der Waals surface area (Å²) in [4.78, 5) is 42.4. The SMILES string of the molecule is Cc1c(Cl)cccc1N1C(=O)C(Cl)=C(Nc2cccc(C(=O)Nc3ccc(N4CCC(C)CC4)cc3)c2)C1=O. The summed E-state index contributed by atoms with van der Waals surface area (Å²) in [6.45, 7) is 6.09. The van der Waals surface area contributed by atoms with Gasteiger partial charge in [0.25, 0.3) is 17.7 Å². The fraction of sp³-hybridized carbons (Fsp3) is 0.233. The van der Waals surface area contributed by atoms with Crippen LogP contribution in [-0.4, -0.2) is 30.8 Å². The number of anilines is 4. The van der Waals surface area contributed by atoms with Gasteiger partial charge >= 0.3 is 0 Å². The highest BCUT2D eigenvalue weighted by Gasteiger charge is 2.39. The van der Waals surface area contributed by atoms with Crippen LogP contribution in [0.5, 0.6) is 0 Å². The topological polar surface area (TPSA) is 81.8 Å². The zero-order valence-corrected chi connectivity index (χ0v) is 23.1. The Labute approximate surface area is 237 Å². The number of hydrogen-bond donors (Lipinski definition) is 2. The predicted molar refractivity (Wildman–Crippen MR) is 157 cm³/mol. The van der Waals surface area contributed by atoms with E-state index in [-0.39, 0.29) is 16.6 Å². The van der Waals surface area contributed by atoms with Crippen LogP contribution in [0.25, 0.3) is 0 Å². The number of nitrogens with zero attached hydrogens (tertiary/aromatic N) is 2. The molecule has 2 heterocycles. The van der Waals surface area contributed by atoms with Crippen molar-refractivity contribution in [2.45, 2.75) is 26.7 Å². The Morgan fingerprint density at radius 2 is 1.59 bits per heavy atom. The number of hydrogen-bond acceptors (Lipinski definition) is 5. The number of halogens is 2. The van der Waals surface area contributed by atoms with Crippen molar-refractivity contribution in [3.8, 4) is 0 Å². The zero-order chi connectivity index (χ0) is 27.7. The summed E-state index contributed by atoms with van der Waals surface area (Å²) in [5, 5.41) is 6.04. The third-order valence-corrected chi connectivity index (χ3v) is 7.94. The first-order valence-electron chi connectivity index (χ1n) is 12.8. The van der Waals surface area contributed by atoms with Crippen molar-refractivity contribution in [3.63, 3.8) is 0 Å². The molecule has 200 valence electrons. The Kier molecular flexibility index (Phi) is 7.64. The van der Waals surface area contributed by atoms with Crippen molar-refractivity contribution in [2.75, 3.05) is 33.5 Å². The molecule has 3 amide bonds. The van der Waals surface area contributed by atoms with Gasteiger partial charge in [-0.2, -0.15) is 0 Å². The first-order valence-corrected chi connectivity index (χ1v) is 13.6. The minimum Gasteiger partial charge on any atom is -0.372 e. The Balaban J connectivity index is 1.27. The number of amides is 3. The van der Waals surface area contributed by atoms with Gasteiger partial charge in [0.05, 0.1) is 5.69 Å². The molecule has 2 aliphatic heterocycles. The molecule has 9 heteroatoms. The summed E-state index contributed by atoms with van der Waals surface area (Å²) in [6, 6.07) is 19.5. The molecule has 0 spiro atoms. The highest BCUT2D eigenvalue weighted by atomic mass is 35.5. The third-order valence-electron chi connectivity index (χ3n) is 7.18. The molecule has 7 nitrogen and oxygen atoms in total. The quantitative estimate of drug-likeness (QED) is 0.332. The Morgan fingerprint density at radius 3 is 2.31 bits per heavy atom. The Morgan fingerprint density at radius 1 is 0.897 bits per heavy atom. The largest absolute Gasteiger partial charge is 0.372 e. The van der Waals surface area contributed by atoms with Crippen molar-refractivity contribution in [3.05, 3.63) is 93.6 Å². The fourth-order valence-corrected chi connectivity index (χ4v) is 5.16. The lowest BCUT2D eigenvalue weighted by molar-refractivity contribution is -0.120. The van der Waals surface area contributed by atoms with Gasteiger partial charge in [-0.1, -0.05) is 42.3 Å². The van der Waals surface area contributed by atoms with Crippen LogP contribution < -0.4 is 20.4 Å². The molecule has 5 rings (SSSR count). The van der Waals surface area contributed by atoms with Gasteiger partial charge in [-0.25, -0.2) is 4.90 Å². The molecule has 3 aromatic carbocycles. The number of piperidine rings is 1. The Bertz CT molecular complexity index is 1480. The second-order valence-corrected chi connectivity index (χ2v) is 10.7. The smallest absolute Gasteiger partial charge is 0.283 e. The van der Waals surface area contributed by atoms with Gasteiger partial charge in [0.2, 0.25) is 0 Å². The summed E-state index contributed by atoms with van der Waals surface area (Å²) >= 11 is 12.5. The summed E-state index contributed by atoms with van der Waals surface area (Å²) in [5.41, 5.74) is 3.53. The highest BCUT2D eigenvalue weighted by molar-refractivity contribution is 6.53. The maximum atomic E-state index is 13.2. The van der Waals surface area contributed by atoms with Crippen molar-refractivity contribution >= 4 is 63.7 Å². The maximum Gasteiger partial charge on any atom is 0.283 e. The minimum atomic E-state index is -0.647. The lowest BCUT2D eigenvalue weighted by atomic mass is 9.99. The van der Waals surface area contributed by atoms with Gasteiger partial charge in [-0.05, 0) is 85.8 Å². The van der Waals surface area contributed by atoms with Gasteiger partial charge in [0, 0.05) is 40.7 Å². The molecule has 2 N–H and O–H groups in total. The van der Waals surface area contributed by atoms with Gasteiger partial charge < -0.3 is 15.5 Å². The second kappa shape index (κ2) is 11.1. The van der Waals surface area contributed by atoms with E-state index < -0.39 is 11.8 Å². The lowest BCUT2D eigenvalue weighted by Crippen LogP contribution is -2.32. The van der Waals surface area contributed by atoms with E-state index in [4.69, 9.17) is 23.2 Å². The van der Waals surface area contributed by atoms with E-state index in [2.05, 4.69) is 22.5 Å². The second-order valence-electron chi connectivity index (χ2n) is 9.90. The van der Waals surface area contributed by atoms with E-state index in [0.717, 1.165) is 29.6 Å². The molecular weight excluding hydrogens is 535 g/mol. The average Bonchev–Trinajstić information content (AvgIpc) is 3.14. The standard InChI is InChI=1S/C30H28Cl2N4O3/c1-18-13-15-35(16-14-18)23-11-9-21(10-12-23)34-28(37)20-5-3-6-22(17-20)33-27-26(32)29(38)36(30(27)39)25-8-4-7-24(31)19(25)2/h3-12,17-18,33H,13-16H2,1-2H3,(H,34,37). The van der Waals surface area contributed by atoms with Crippen molar-refractivity contribution in [1.29, 1.82) is 0 Å². The molecular formula is C30H28Cl2N4O3. The zero-order valence-electron chi connectivity index (χ0n) is 21.6. The van der Waals surface area contributed by atoms with E-state index in [1.807, 2.05) is 24.3 Å².